The summed E-state index contributed by atoms with van der Waals surface area (Å²) in [4.78, 5) is 12.3. The van der Waals surface area contributed by atoms with E-state index in [-0.39, 0.29) is 5.91 Å². The van der Waals surface area contributed by atoms with Crippen molar-refractivity contribution in [2.75, 3.05) is 0 Å². The number of aromatic nitrogens is 2. The van der Waals surface area contributed by atoms with Crippen LogP contribution in [-0.4, -0.2) is 15.7 Å². The number of rotatable bonds is 10. The Labute approximate surface area is 181 Å². The van der Waals surface area contributed by atoms with Crippen molar-refractivity contribution >= 4 is 5.91 Å². The number of para-hydroxylation sites is 1. The third-order valence-electron chi connectivity index (χ3n) is 4.87. The zero-order valence-electron chi connectivity index (χ0n) is 17.2. The quantitative estimate of drug-likeness (QED) is 0.416. The molecule has 31 heavy (non-hydrogen) atoms. The lowest BCUT2D eigenvalue weighted by atomic mass is 10.1. The van der Waals surface area contributed by atoms with Gasteiger partial charge in [-0.05, 0) is 47.4 Å². The molecule has 6 nitrogen and oxygen atoms in total. The fraction of sp³-hybridized carbons (Fsp3) is 0.200. The van der Waals surface area contributed by atoms with E-state index in [1.807, 2.05) is 83.8 Å². The lowest BCUT2D eigenvalue weighted by Crippen LogP contribution is -2.23. The van der Waals surface area contributed by atoms with E-state index in [2.05, 4.69) is 10.4 Å². The number of ether oxygens (including phenoxy) is 1. The van der Waals surface area contributed by atoms with E-state index >= 15 is 0 Å². The van der Waals surface area contributed by atoms with Crippen LogP contribution in [0.1, 0.15) is 28.9 Å². The molecule has 0 saturated carbocycles. The van der Waals surface area contributed by atoms with Crippen molar-refractivity contribution in [3.8, 4) is 5.69 Å². The fourth-order valence-corrected chi connectivity index (χ4v) is 3.25. The molecule has 1 N–H and O–H groups in total. The molecule has 4 rings (SSSR count). The number of nitrogens with one attached hydrogen (secondary N) is 1. The van der Waals surface area contributed by atoms with Gasteiger partial charge in [0.25, 0.3) is 0 Å². The second-order valence-corrected chi connectivity index (χ2v) is 7.30. The average molecular weight is 415 g/mol. The van der Waals surface area contributed by atoms with Crippen molar-refractivity contribution in [3.63, 3.8) is 0 Å². The molecule has 0 atom stereocenters. The normalized spacial score (nSPS) is 10.8. The molecule has 2 aromatic heterocycles. The predicted molar refractivity (Wildman–Crippen MR) is 117 cm³/mol. The molecule has 158 valence electrons. The molecular formula is C25H25N3O3. The van der Waals surface area contributed by atoms with E-state index < -0.39 is 0 Å². The van der Waals surface area contributed by atoms with Gasteiger partial charge >= 0.3 is 0 Å². The van der Waals surface area contributed by atoms with Crippen molar-refractivity contribution in [1.29, 1.82) is 0 Å². The minimum absolute atomic E-state index is 0.0203. The number of amides is 1. The van der Waals surface area contributed by atoms with Gasteiger partial charge in [0.05, 0.1) is 24.8 Å². The average Bonchev–Trinajstić information content (AvgIpc) is 3.50. The highest BCUT2D eigenvalue weighted by atomic mass is 16.5. The van der Waals surface area contributed by atoms with Gasteiger partial charge in [-0.3, -0.25) is 4.79 Å². The number of aryl methyl sites for hydroxylation is 1. The Balaban J connectivity index is 1.20. The molecule has 0 aliphatic rings. The number of furan rings is 1. The molecule has 2 aromatic carbocycles. The van der Waals surface area contributed by atoms with E-state index in [1.165, 1.54) is 0 Å². The van der Waals surface area contributed by atoms with Crippen molar-refractivity contribution in [2.45, 2.75) is 32.6 Å². The van der Waals surface area contributed by atoms with Gasteiger partial charge < -0.3 is 14.5 Å². The Kier molecular flexibility index (Phi) is 6.92. The molecule has 0 bridgehead atoms. The number of benzene rings is 2. The minimum atomic E-state index is 0.0203. The highest BCUT2D eigenvalue weighted by Gasteiger charge is 2.06. The van der Waals surface area contributed by atoms with Crippen molar-refractivity contribution in [1.82, 2.24) is 15.1 Å². The van der Waals surface area contributed by atoms with Crippen LogP contribution in [0.25, 0.3) is 5.69 Å². The first kappa shape index (κ1) is 20.6. The van der Waals surface area contributed by atoms with Crippen molar-refractivity contribution < 1.29 is 13.9 Å². The first-order chi connectivity index (χ1) is 15.3. The second kappa shape index (κ2) is 10.4. The van der Waals surface area contributed by atoms with E-state index in [4.69, 9.17) is 9.15 Å². The Morgan fingerprint density at radius 2 is 1.84 bits per heavy atom. The summed E-state index contributed by atoms with van der Waals surface area (Å²) < 4.78 is 12.8. The van der Waals surface area contributed by atoms with Gasteiger partial charge in [0.15, 0.2) is 0 Å². The van der Waals surface area contributed by atoms with Gasteiger partial charge in [-0.1, -0.05) is 42.5 Å². The second-order valence-electron chi connectivity index (χ2n) is 7.30. The third kappa shape index (κ3) is 6.17. The molecule has 0 saturated heterocycles. The number of carbonyl (C=O) groups is 1. The molecule has 2 heterocycles. The Hall–Kier alpha value is -3.64. The molecule has 0 fully saturated rings. The highest BCUT2D eigenvalue weighted by molar-refractivity contribution is 5.76. The van der Waals surface area contributed by atoms with Gasteiger partial charge in [0, 0.05) is 19.2 Å². The Morgan fingerprint density at radius 3 is 2.68 bits per heavy atom. The number of nitrogens with zero attached hydrogens (tertiary/aromatic N) is 2. The Bertz CT molecular complexity index is 1090. The Morgan fingerprint density at radius 1 is 0.968 bits per heavy atom. The van der Waals surface area contributed by atoms with Gasteiger partial charge in [-0.15, -0.1) is 0 Å². The zero-order chi connectivity index (χ0) is 21.3. The summed E-state index contributed by atoms with van der Waals surface area (Å²) in [7, 11) is 0. The molecule has 0 aliphatic heterocycles. The maximum Gasteiger partial charge on any atom is 0.220 e. The van der Waals surface area contributed by atoms with Gasteiger partial charge in [0.1, 0.15) is 12.4 Å². The van der Waals surface area contributed by atoms with Crippen LogP contribution in [0, 0.1) is 0 Å². The standard InChI is InChI=1S/C25H25N3O3/c29-25(12-11-22-16-27-28(17-22)23-8-2-1-3-9-23)26-15-20-6-4-7-21(14-20)18-30-19-24-10-5-13-31-24/h1-10,13-14,16-17H,11-12,15,18-19H2,(H,26,29). The number of hydrogen-bond donors (Lipinski definition) is 1. The van der Waals surface area contributed by atoms with Crippen LogP contribution >= 0.6 is 0 Å². The van der Waals surface area contributed by atoms with E-state index in [1.54, 1.807) is 6.26 Å². The summed E-state index contributed by atoms with van der Waals surface area (Å²) in [6, 6.07) is 21.7. The van der Waals surface area contributed by atoms with Crippen LogP contribution < -0.4 is 5.32 Å². The van der Waals surface area contributed by atoms with Gasteiger partial charge in [-0.2, -0.15) is 5.10 Å². The van der Waals surface area contributed by atoms with Crippen LogP contribution in [0.5, 0.6) is 0 Å². The molecular weight excluding hydrogens is 390 g/mol. The number of hydrogen-bond acceptors (Lipinski definition) is 4. The lowest BCUT2D eigenvalue weighted by Gasteiger charge is -2.08. The molecule has 1 amide bonds. The van der Waals surface area contributed by atoms with Crippen LogP contribution in [0.15, 0.2) is 89.8 Å². The van der Waals surface area contributed by atoms with Crippen LogP contribution in [0.4, 0.5) is 0 Å². The van der Waals surface area contributed by atoms with Crippen LogP contribution in [0.2, 0.25) is 0 Å². The summed E-state index contributed by atoms with van der Waals surface area (Å²) in [5.41, 5.74) is 4.15. The van der Waals surface area contributed by atoms with E-state index in [9.17, 15) is 4.79 Å². The minimum Gasteiger partial charge on any atom is -0.467 e. The van der Waals surface area contributed by atoms with Gasteiger partial charge in [0.2, 0.25) is 5.91 Å². The van der Waals surface area contributed by atoms with Gasteiger partial charge in [-0.25, -0.2) is 4.68 Å². The molecule has 0 radical (unpaired) electrons. The van der Waals surface area contributed by atoms with Crippen molar-refractivity contribution in [2.24, 2.45) is 0 Å². The van der Waals surface area contributed by atoms with E-state index in [0.717, 1.165) is 28.1 Å². The topological polar surface area (TPSA) is 69.3 Å². The maximum absolute atomic E-state index is 12.3. The summed E-state index contributed by atoms with van der Waals surface area (Å²) in [6.07, 6.45) is 6.49. The highest BCUT2D eigenvalue weighted by Crippen LogP contribution is 2.11. The third-order valence-corrected chi connectivity index (χ3v) is 4.87. The van der Waals surface area contributed by atoms with Crippen molar-refractivity contribution in [3.05, 3.63) is 108 Å². The summed E-state index contributed by atoms with van der Waals surface area (Å²) in [5, 5.41) is 7.37. The summed E-state index contributed by atoms with van der Waals surface area (Å²) in [6.45, 7) is 1.43. The molecule has 0 unspecified atom stereocenters. The largest absolute Gasteiger partial charge is 0.467 e. The first-order valence-electron chi connectivity index (χ1n) is 10.3. The maximum atomic E-state index is 12.3. The van der Waals surface area contributed by atoms with Crippen LogP contribution in [-0.2, 0) is 35.7 Å². The molecule has 4 aromatic rings. The summed E-state index contributed by atoms with van der Waals surface area (Å²) in [5.74, 6) is 0.824. The zero-order valence-corrected chi connectivity index (χ0v) is 17.2. The lowest BCUT2D eigenvalue weighted by molar-refractivity contribution is -0.121. The number of carbonyl (C=O) groups excluding carboxylic acids is 1. The molecule has 0 spiro atoms. The summed E-state index contributed by atoms with van der Waals surface area (Å²) >= 11 is 0. The monoisotopic (exact) mass is 415 g/mol. The molecule has 0 aliphatic carbocycles. The predicted octanol–water partition coefficient (Wildman–Crippen LogP) is 4.43. The fourth-order valence-electron chi connectivity index (χ4n) is 3.25. The van der Waals surface area contributed by atoms with Crippen LogP contribution in [0.3, 0.4) is 0 Å². The SMILES string of the molecule is O=C(CCc1cnn(-c2ccccc2)c1)NCc1cccc(COCc2ccco2)c1. The first-order valence-corrected chi connectivity index (χ1v) is 10.3. The molecule has 6 heteroatoms. The smallest absolute Gasteiger partial charge is 0.220 e. The van der Waals surface area contributed by atoms with E-state index in [0.29, 0.717) is 32.6 Å².